The maximum absolute atomic E-state index is 11.9. The first kappa shape index (κ1) is 13.1. The van der Waals surface area contributed by atoms with Crippen LogP contribution >= 0.6 is 0 Å². The molecule has 0 aromatic heterocycles. The monoisotopic (exact) mass is 270 g/mol. The lowest BCUT2D eigenvalue weighted by molar-refractivity contribution is 0.00296. The van der Waals surface area contributed by atoms with Gasteiger partial charge in [0.1, 0.15) is 12.2 Å². The van der Waals surface area contributed by atoms with Crippen LogP contribution in [0.25, 0.3) is 0 Å². The van der Waals surface area contributed by atoms with Crippen molar-refractivity contribution in [1.29, 1.82) is 0 Å². The van der Waals surface area contributed by atoms with Gasteiger partial charge < -0.3 is 25.3 Å². The van der Waals surface area contributed by atoms with Crippen molar-refractivity contribution in [1.82, 2.24) is 5.32 Å². The van der Waals surface area contributed by atoms with E-state index in [1.165, 1.54) is 19.3 Å². The van der Waals surface area contributed by atoms with Crippen molar-refractivity contribution in [3.8, 4) is 0 Å². The molecule has 1 saturated carbocycles. The quantitative estimate of drug-likeness (QED) is 0.765. The van der Waals surface area contributed by atoms with Crippen LogP contribution in [0.1, 0.15) is 32.1 Å². The highest BCUT2D eigenvalue weighted by Gasteiger charge is 2.48. The second-order valence-corrected chi connectivity index (χ2v) is 5.68. The van der Waals surface area contributed by atoms with Gasteiger partial charge >= 0.3 is 6.09 Å². The molecule has 4 atom stereocenters. The summed E-state index contributed by atoms with van der Waals surface area (Å²) in [6.07, 6.45) is 4.69. The summed E-state index contributed by atoms with van der Waals surface area (Å²) in [7, 11) is 0. The molecule has 0 aromatic rings. The lowest BCUT2D eigenvalue weighted by Crippen LogP contribution is -2.42. The first-order valence-corrected chi connectivity index (χ1v) is 7.20. The van der Waals surface area contributed by atoms with E-state index in [1.807, 2.05) is 0 Å². The second kappa shape index (κ2) is 5.64. The Hall–Kier alpha value is -0.850. The molecule has 3 fully saturated rings. The molecule has 1 aliphatic carbocycles. The zero-order valence-corrected chi connectivity index (χ0v) is 11.0. The van der Waals surface area contributed by atoms with Gasteiger partial charge in [-0.2, -0.15) is 0 Å². The molecule has 2 heterocycles. The van der Waals surface area contributed by atoms with Crippen molar-refractivity contribution in [3.63, 3.8) is 0 Å². The number of amides is 1. The fourth-order valence-corrected chi connectivity index (χ4v) is 3.18. The maximum Gasteiger partial charge on any atom is 0.407 e. The van der Waals surface area contributed by atoms with E-state index >= 15 is 0 Å². The van der Waals surface area contributed by atoms with Gasteiger partial charge in [-0.25, -0.2) is 4.79 Å². The van der Waals surface area contributed by atoms with Gasteiger partial charge in [-0.15, -0.1) is 0 Å². The van der Waals surface area contributed by atoms with Crippen LogP contribution in [0.5, 0.6) is 0 Å². The minimum Gasteiger partial charge on any atom is -0.441 e. The molecule has 6 heteroatoms. The van der Waals surface area contributed by atoms with Crippen molar-refractivity contribution in [3.05, 3.63) is 0 Å². The molecule has 2 saturated heterocycles. The van der Waals surface area contributed by atoms with Gasteiger partial charge in [-0.05, 0) is 12.8 Å². The largest absolute Gasteiger partial charge is 0.441 e. The Morgan fingerprint density at radius 1 is 1.11 bits per heavy atom. The molecular weight excluding hydrogens is 248 g/mol. The van der Waals surface area contributed by atoms with Crippen molar-refractivity contribution in [2.75, 3.05) is 13.2 Å². The molecular formula is C13H22N2O4. The van der Waals surface area contributed by atoms with Crippen molar-refractivity contribution in [2.24, 2.45) is 5.73 Å². The molecule has 1 amide bonds. The molecule has 0 radical (unpaired) electrons. The summed E-state index contributed by atoms with van der Waals surface area (Å²) in [5, 5.41) is 2.93. The van der Waals surface area contributed by atoms with Gasteiger partial charge in [0, 0.05) is 6.04 Å². The number of nitrogens with two attached hydrogens (primary N) is 1. The van der Waals surface area contributed by atoms with Crippen LogP contribution in [-0.4, -0.2) is 49.7 Å². The van der Waals surface area contributed by atoms with Gasteiger partial charge in [0.25, 0.3) is 0 Å². The lowest BCUT2D eigenvalue weighted by Gasteiger charge is -2.24. The van der Waals surface area contributed by atoms with Crippen LogP contribution < -0.4 is 11.1 Å². The van der Waals surface area contributed by atoms with E-state index in [2.05, 4.69) is 5.32 Å². The Labute approximate surface area is 112 Å². The zero-order valence-electron chi connectivity index (χ0n) is 11.0. The van der Waals surface area contributed by atoms with Crippen LogP contribution in [0, 0.1) is 0 Å². The number of rotatable bonds is 2. The number of carbonyl (C=O) groups excluding carboxylic acids is 1. The number of ether oxygens (including phenoxy) is 3. The highest BCUT2D eigenvalue weighted by molar-refractivity contribution is 5.67. The van der Waals surface area contributed by atoms with Gasteiger partial charge in [0.05, 0.1) is 19.3 Å². The van der Waals surface area contributed by atoms with Crippen LogP contribution in [0.4, 0.5) is 4.79 Å². The van der Waals surface area contributed by atoms with E-state index in [4.69, 9.17) is 19.9 Å². The van der Waals surface area contributed by atoms with E-state index < -0.39 is 0 Å². The summed E-state index contributed by atoms with van der Waals surface area (Å²) in [6.45, 7) is 0.848. The Bertz CT molecular complexity index is 333. The Morgan fingerprint density at radius 2 is 1.84 bits per heavy atom. The standard InChI is InChI=1S/C13H22N2O4/c14-9-6-17-12-10(7-18-11(9)12)19-13(16)15-8-4-2-1-3-5-8/h8-12H,1-7,14H2,(H,15,16)/t9-,10+,11+,12+/m0/s1. The van der Waals surface area contributed by atoms with Gasteiger partial charge in [0.15, 0.2) is 6.10 Å². The third-order valence-corrected chi connectivity index (χ3v) is 4.23. The smallest absolute Gasteiger partial charge is 0.407 e. The highest BCUT2D eigenvalue weighted by Crippen LogP contribution is 2.28. The second-order valence-electron chi connectivity index (χ2n) is 5.68. The first-order chi connectivity index (χ1) is 9.24. The molecule has 19 heavy (non-hydrogen) atoms. The molecule has 0 spiro atoms. The van der Waals surface area contributed by atoms with Gasteiger partial charge in [0.2, 0.25) is 0 Å². The summed E-state index contributed by atoms with van der Waals surface area (Å²) < 4.78 is 16.5. The van der Waals surface area contributed by atoms with Crippen LogP contribution in [0.3, 0.4) is 0 Å². The normalized spacial score (nSPS) is 39.0. The number of fused-ring (bicyclic) bond motifs is 1. The van der Waals surface area contributed by atoms with Crippen LogP contribution in [0.15, 0.2) is 0 Å². The van der Waals surface area contributed by atoms with E-state index in [9.17, 15) is 4.79 Å². The topological polar surface area (TPSA) is 82.8 Å². The highest BCUT2D eigenvalue weighted by atomic mass is 16.6. The summed E-state index contributed by atoms with van der Waals surface area (Å²) in [5.74, 6) is 0. The molecule has 3 N–H and O–H groups in total. The fraction of sp³-hybridized carbons (Fsp3) is 0.923. The molecule has 2 aliphatic heterocycles. The summed E-state index contributed by atoms with van der Waals surface area (Å²) in [5.41, 5.74) is 5.86. The summed E-state index contributed by atoms with van der Waals surface area (Å²) in [4.78, 5) is 11.9. The SMILES string of the molecule is N[C@H]1CO[C@H]2[C@@H]1OC[C@H]2OC(=O)NC1CCCCC1. The van der Waals surface area contributed by atoms with Crippen molar-refractivity contribution in [2.45, 2.75) is 62.5 Å². The zero-order chi connectivity index (χ0) is 13.2. The molecule has 0 bridgehead atoms. The molecule has 108 valence electrons. The van der Waals surface area contributed by atoms with E-state index in [-0.39, 0.29) is 36.5 Å². The average molecular weight is 270 g/mol. The van der Waals surface area contributed by atoms with E-state index in [0.29, 0.717) is 13.2 Å². The summed E-state index contributed by atoms with van der Waals surface area (Å²) in [6, 6.07) is 0.145. The number of hydrogen-bond donors (Lipinski definition) is 2. The molecule has 3 aliphatic rings. The summed E-state index contributed by atoms with van der Waals surface area (Å²) >= 11 is 0. The number of alkyl carbamates (subject to hydrolysis) is 1. The Balaban J connectivity index is 1.47. The number of carbonyl (C=O) groups is 1. The molecule has 0 aromatic carbocycles. The minimum absolute atomic E-state index is 0.111. The number of hydrogen-bond acceptors (Lipinski definition) is 5. The molecule has 3 rings (SSSR count). The molecule has 0 unspecified atom stereocenters. The Kier molecular flexibility index (Phi) is 3.91. The first-order valence-electron chi connectivity index (χ1n) is 7.20. The predicted molar refractivity (Wildman–Crippen MR) is 67.7 cm³/mol. The van der Waals surface area contributed by atoms with Gasteiger partial charge in [-0.1, -0.05) is 19.3 Å². The van der Waals surface area contributed by atoms with Crippen LogP contribution in [0.2, 0.25) is 0 Å². The van der Waals surface area contributed by atoms with Crippen LogP contribution in [-0.2, 0) is 14.2 Å². The Morgan fingerprint density at radius 3 is 2.63 bits per heavy atom. The number of nitrogens with one attached hydrogen (secondary N) is 1. The fourth-order valence-electron chi connectivity index (χ4n) is 3.18. The average Bonchev–Trinajstić information content (AvgIpc) is 2.96. The lowest BCUT2D eigenvalue weighted by atomic mass is 9.96. The van der Waals surface area contributed by atoms with Crippen molar-refractivity contribution >= 4 is 6.09 Å². The van der Waals surface area contributed by atoms with E-state index in [1.54, 1.807) is 0 Å². The third kappa shape index (κ3) is 2.85. The third-order valence-electron chi connectivity index (χ3n) is 4.23. The maximum atomic E-state index is 11.9. The van der Waals surface area contributed by atoms with E-state index in [0.717, 1.165) is 12.8 Å². The predicted octanol–water partition coefficient (Wildman–Crippen LogP) is 0.539. The van der Waals surface area contributed by atoms with Crippen molar-refractivity contribution < 1.29 is 19.0 Å². The minimum atomic E-state index is -0.356. The van der Waals surface area contributed by atoms with Gasteiger partial charge in [-0.3, -0.25) is 0 Å². The molecule has 6 nitrogen and oxygen atoms in total.